The molecular formula is C14H12BrFN2OS. The van der Waals surface area contributed by atoms with E-state index in [1.807, 2.05) is 28.8 Å². The molecule has 0 saturated heterocycles. The highest BCUT2D eigenvalue weighted by atomic mass is 79.9. The molecule has 3 nitrogen and oxygen atoms in total. The second kappa shape index (κ2) is 5.63. The van der Waals surface area contributed by atoms with Gasteiger partial charge in [-0.3, -0.25) is 0 Å². The van der Waals surface area contributed by atoms with Gasteiger partial charge in [-0.25, -0.2) is 9.37 Å². The Kier molecular flexibility index (Phi) is 3.87. The summed E-state index contributed by atoms with van der Waals surface area (Å²) < 4.78 is 15.8. The molecule has 0 aliphatic rings. The monoisotopic (exact) mass is 354 g/mol. The molecule has 0 atom stereocenters. The van der Waals surface area contributed by atoms with Gasteiger partial charge >= 0.3 is 0 Å². The van der Waals surface area contributed by atoms with Crippen molar-refractivity contribution in [2.24, 2.45) is 0 Å². The van der Waals surface area contributed by atoms with Crippen molar-refractivity contribution >= 4 is 38.2 Å². The quantitative estimate of drug-likeness (QED) is 0.769. The number of aryl methyl sites for hydroxylation is 1. The minimum atomic E-state index is -0.429. The summed E-state index contributed by atoms with van der Waals surface area (Å²) in [6.45, 7) is -0.157. The third-order valence-corrected chi connectivity index (χ3v) is 4.83. The van der Waals surface area contributed by atoms with Crippen LogP contribution in [0.2, 0.25) is 0 Å². The maximum atomic E-state index is 12.9. The Hall–Kier alpha value is -1.24. The SMILES string of the molecule is OCc1cnc(-c2cc3c(Br)cccc3n2CCF)s1. The van der Waals surface area contributed by atoms with Crippen molar-refractivity contribution in [3.8, 4) is 10.7 Å². The fraction of sp³-hybridized carbons (Fsp3) is 0.214. The molecule has 1 aromatic carbocycles. The zero-order valence-electron chi connectivity index (χ0n) is 10.5. The number of thiazole rings is 1. The van der Waals surface area contributed by atoms with Gasteiger partial charge in [-0.05, 0) is 18.2 Å². The number of halogens is 2. The van der Waals surface area contributed by atoms with Gasteiger partial charge in [0, 0.05) is 21.6 Å². The first-order valence-electron chi connectivity index (χ1n) is 6.14. The first-order valence-corrected chi connectivity index (χ1v) is 7.75. The smallest absolute Gasteiger partial charge is 0.140 e. The summed E-state index contributed by atoms with van der Waals surface area (Å²) in [5.74, 6) is 0. The van der Waals surface area contributed by atoms with Gasteiger partial charge in [0.15, 0.2) is 0 Å². The number of benzene rings is 1. The molecule has 2 aromatic heterocycles. The highest BCUT2D eigenvalue weighted by molar-refractivity contribution is 9.10. The van der Waals surface area contributed by atoms with Crippen molar-refractivity contribution in [1.82, 2.24) is 9.55 Å². The van der Waals surface area contributed by atoms with Crippen molar-refractivity contribution < 1.29 is 9.50 Å². The summed E-state index contributed by atoms with van der Waals surface area (Å²) in [6.07, 6.45) is 1.66. The zero-order valence-corrected chi connectivity index (χ0v) is 12.9. The average molecular weight is 355 g/mol. The molecule has 0 radical (unpaired) electrons. The van der Waals surface area contributed by atoms with E-state index in [9.17, 15) is 4.39 Å². The van der Waals surface area contributed by atoms with Gasteiger partial charge in [-0.1, -0.05) is 22.0 Å². The van der Waals surface area contributed by atoms with Gasteiger partial charge in [-0.2, -0.15) is 0 Å². The minimum absolute atomic E-state index is 0.0231. The number of aliphatic hydroxyl groups excluding tert-OH is 1. The largest absolute Gasteiger partial charge is 0.391 e. The Bertz CT molecular complexity index is 753. The Labute approximate surface area is 127 Å². The van der Waals surface area contributed by atoms with Gasteiger partial charge in [-0.15, -0.1) is 11.3 Å². The van der Waals surface area contributed by atoms with Crippen LogP contribution in [0.4, 0.5) is 4.39 Å². The molecule has 2 heterocycles. The van der Waals surface area contributed by atoms with Crippen LogP contribution >= 0.6 is 27.3 Å². The Balaban J connectivity index is 2.23. The molecule has 104 valence electrons. The molecule has 3 aromatic rings. The second-order valence-corrected chi connectivity index (χ2v) is 6.30. The maximum absolute atomic E-state index is 12.9. The lowest BCUT2D eigenvalue weighted by atomic mass is 10.2. The van der Waals surface area contributed by atoms with Crippen molar-refractivity contribution in [1.29, 1.82) is 0 Å². The Morgan fingerprint density at radius 2 is 2.25 bits per heavy atom. The first kappa shape index (κ1) is 13.7. The summed E-state index contributed by atoms with van der Waals surface area (Å²) >= 11 is 4.95. The second-order valence-electron chi connectivity index (χ2n) is 4.33. The number of nitrogens with zero attached hydrogens (tertiary/aromatic N) is 2. The fourth-order valence-corrected chi connectivity index (χ4v) is 3.52. The van der Waals surface area contributed by atoms with Crippen molar-refractivity contribution in [2.45, 2.75) is 13.2 Å². The van der Waals surface area contributed by atoms with Crippen molar-refractivity contribution in [3.63, 3.8) is 0 Å². The Morgan fingerprint density at radius 1 is 1.40 bits per heavy atom. The molecule has 6 heteroatoms. The molecular weight excluding hydrogens is 343 g/mol. The van der Waals surface area contributed by atoms with E-state index in [0.29, 0.717) is 6.54 Å². The van der Waals surface area contributed by atoms with Crippen LogP contribution in [-0.2, 0) is 13.2 Å². The highest BCUT2D eigenvalue weighted by Gasteiger charge is 2.15. The highest BCUT2D eigenvalue weighted by Crippen LogP contribution is 2.34. The molecule has 0 aliphatic heterocycles. The summed E-state index contributed by atoms with van der Waals surface area (Å²) in [7, 11) is 0. The van der Waals surface area contributed by atoms with Crippen LogP contribution in [0.25, 0.3) is 21.6 Å². The van der Waals surface area contributed by atoms with Crippen LogP contribution in [0.15, 0.2) is 34.9 Å². The summed E-state index contributed by atoms with van der Waals surface area (Å²) in [5.41, 5.74) is 1.86. The molecule has 1 N–H and O–H groups in total. The molecule has 0 aliphatic carbocycles. The molecule has 20 heavy (non-hydrogen) atoms. The maximum Gasteiger partial charge on any atom is 0.140 e. The molecule has 0 fully saturated rings. The van der Waals surface area contributed by atoms with E-state index < -0.39 is 6.67 Å². The van der Waals surface area contributed by atoms with Crippen LogP contribution in [-0.4, -0.2) is 21.3 Å². The lowest BCUT2D eigenvalue weighted by Gasteiger charge is -2.06. The van der Waals surface area contributed by atoms with Crippen molar-refractivity contribution in [2.75, 3.05) is 6.67 Å². The van der Waals surface area contributed by atoms with E-state index >= 15 is 0 Å². The predicted molar refractivity (Wildman–Crippen MR) is 82.6 cm³/mol. The molecule has 0 amide bonds. The fourth-order valence-electron chi connectivity index (χ4n) is 2.25. The van der Waals surface area contributed by atoms with E-state index in [4.69, 9.17) is 5.11 Å². The Morgan fingerprint density at radius 3 is 2.95 bits per heavy atom. The molecule has 0 unspecified atom stereocenters. The summed E-state index contributed by atoms with van der Waals surface area (Å²) in [6, 6.07) is 7.88. The topological polar surface area (TPSA) is 38.1 Å². The van der Waals surface area contributed by atoms with Gasteiger partial charge in [0.25, 0.3) is 0 Å². The minimum Gasteiger partial charge on any atom is -0.391 e. The van der Waals surface area contributed by atoms with Crippen LogP contribution in [0.3, 0.4) is 0 Å². The lowest BCUT2D eigenvalue weighted by molar-refractivity contribution is 0.285. The molecule has 0 saturated carbocycles. The number of rotatable bonds is 4. The standard InChI is InChI=1S/C14H12BrFN2OS/c15-11-2-1-3-12-10(11)6-13(18(12)5-4-16)14-17-7-9(8-19)20-14/h1-3,6-7,19H,4-5,8H2. The van der Waals surface area contributed by atoms with Crippen LogP contribution in [0.5, 0.6) is 0 Å². The number of hydrogen-bond acceptors (Lipinski definition) is 3. The average Bonchev–Trinajstić information content (AvgIpc) is 3.05. The van der Waals surface area contributed by atoms with E-state index in [0.717, 1.165) is 31.0 Å². The van der Waals surface area contributed by atoms with Crippen LogP contribution in [0.1, 0.15) is 4.88 Å². The van der Waals surface area contributed by atoms with E-state index in [2.05, 4.69) is 20.9 Å². The van der Waals surface area contributed by atoms with Gasteiger partial charge in [0.2, 0.25) is 0 Å². The normalized spacial score (nSPS) is 11.3. The van der Waals surface area contributed by atoms with Gasteiger partial charge < -0.3 is 9.67 Å². The molecule has 3 rings (SSSR count). The number of hydrogen-bond donors (Lipinski definition) is 1. The molecule has 0 spiro atoms. The van der Waals surface area contributed by atoms with E-state index in [1.54, 1.807) is 6.20 Å². The van der Waals surface area contributed by atoms with Crippen LogP contribution < -0.4 is 0 Å². The van der Waals surface area contributed by atoms with Gasteiger partial charge in [0.1, 0.15) is 11.7 Å². The molecule has 0 bridgehead atoms. The third kappa shape index (κ3) is 2.28. The number of aromatic nitrogens is 2. The lowest BCUT2D eigenvalue weighted by Crippen LogP contribution is -2.01. The predicted octanol–water partition coefficient (Wildman–Crippen LogP) is 3.99. The number of aliphatic hydroxyl groups is 1. The third-order valence-electron chi connectivity index (χ3n) is 3.13. The van der Waals surface area contributed by atoms with Crippen molar-refractivity contribution in [3.05, 3.63) is 39.8 Å². The zero-order chi connectivity index (χ0) is 14.1. The first-order chi connectivity index (χ1) is 9.74. The van der Waals surface area contributed by atoms with Gasteiger partial charge in [0.05, 0.1) is 23.7 Å². The summed E-state index contributed by atoms with van der Waals surface area (Å²) in [5, 5.41) is 11.0. The van der Waals surface area contributed by atoms with E-state index in [-0.39, 0.29) is 6.61 Å². The van der Waals surface area contributed by atoms with E-state index in [1.165, 1.54) is 11.3 Å². The number of alkyl halides is 1. The number of fused-ring (bicyclic) bond motifs is 1. The van der Waals surface area contributed by atoms with Crippen LogP contribution in [0, 0.1) is 0 Å². The summed E-state index contributed by atoms with van der Waals surface area (Å²) in [4.78, 5) is 5.13.